The number of rotatable bonds is 6. The molecule has 0 aromatic rings. The predicted molar refractivity (Wildman–Crippen MR) is 86.4 cm³/mol. The second kappa shape index (κ2) is 7.56. The van der Waals surface area contributed by atoms with Crippen molar-refractivity contribution in [1.82, 2.24) is 15.1 Å². The van der Waals surface area contributed by atoms with E-state index in [1.165, 1.54) is 7.11 Å². The van der Waals surface area contributed by atoms with E-state index in [1.807, 2.05) is 6.92 Å². The molecule has 0 radical (unpaired) electrons. The molecule has 3 atom stereocenters. The quantitative estimate of drug-likeness (QED) is 0.750. The van der Waals surface area contributed by atoms with Crippen LogP contribution < -0.4 is 5.32 Å². The topological polar surface area (TPSA) is 44.8 Å². The van der Waals surface area contributed by atoms with Crippen LogP contribution in [0.25, 0.3) is 0 Å². The fraction of sp³-hybridized carbons (Fsp3) is 0.938. The van der Waals surface area contributed by atoms with Crippen molar-refractivity contribution in [3.63, 3.8) is 0 Å². The number of carbonyl (C=O) groups excluding carboxylic acids is 1. The van der Waals surface area contributed by atoms with Gasteiger partial charge in [0.25, 0.3) is 0 Å². The molecular weight excluding hydrogens is 266 g/mol. The maximum atomic E-state index is 12.1. The molecule has 21 heavy (non-hydrogen) atoms. The number of carbonyl (C=O) groups is 1. The van der Waals surface area contributed by atoms with Crippen molar-refractivity contribution >= 4 is 5.97 Å². The summed E-state index contributed by atoms with van der Waals surface area (Å²) in [5, 5.41) is 3.37. The Hall–Kier alpha value is -0.650. The smallest absolute Gasteiger partial charge is 0.325 e. The monoisotopic (exact) mass is 299 g/mol. The molecule has 1 N–H and O–H groups in total. The lowest BCUT2D eigenvalue weighted by Crippen LogP contribution is -2.58. The summed E-state index contributed by atoms with van der Waals surface area (Å²) in [6, 6.07) is 1.35. The Kier molecular flexibility index (Phi) is 6.63. The lowest BCUT2D eigenvalue weighted by molar-refractivity contribution is -0.148. The van der Waals surface area contributed by atoms with Crippen LogP contribution in [0.4, 0.5) is 0 Å². The minimum Gasteiger partial charge on any atom is -0.468 e. The van der Waals surface area contributed by atoms with Gasteiger partial charge in [-0.3, -0.25) is 15.0 Å². The predicted octanol–water partition coefficient (Wildman–Crippen LogP) is 1.33. The number of nitrogens with one attached hydrogen (secondary N) is 1. The maximum absolute atomic E-state index is 12.1. The normalized spacial score (nSPS) is 27.6. The first-order valence-electron chi connectivity index (χ1n) is 8.00. The lowest BCUT2D eigenvalue weighted by atomic mass is 9.95. The Labute approximate surface area is 130 Å². The van der Waals surface area contributed by atoms with Crippen LogP contribution in [0.15, 0.2) is 0 Å². The molecule has 0 saturated carbocycles. The van der Waals surface area contributed by atoms with Crippen molar-refractivity contribution < 1.29 is 9.53 Å². The van der Waals surface area contributed by atoms with Crippen molar-refractivity contribution in [1.29, 1.82) is 0 Å². The van der Waals surface area contributed by atoms with Crippen LogP contribution in [0.5, 0.6) is 0 Å². The second-order valence-electron chi connectivity index (χ2n) is 7.00. The third kappa shape index (κ3) is 4.94. The van der Waals surface area contributed by atoms with Crippen LogP contribution >= 0.6 is 0 Å². The zero-order valence-corrected chi connectivity index (χ0v) is 14.8. The van der Waals surface area contributed by atoms with Crippen LogP contribution in [0, 0.1) is 0 Å². The number of piperazine rings is 1. The molecule has 0 bridgehead atoms. The van der Waals surface area contributed by atoms with Crippen molar-refractivity contribution in [2.45, 2.75) is 64.7 Å². The van der Waals surface area contributed by atoms with Crippen LogP contribution in [-0.4, -0.2) is 73.2 Å². The Morgan fingerprint density at radius 2 is 1.86 bits per heavy atom. The van der Waals surface area contributed by atoms with E-state index in [-0.39, 0.29) is 12.0 Å². The molecule has 1 aliphatic heterocycles. The first-order chi connectivity index (χ1) is 9.69. The molecule has 1 aliphatic rings. The van der Waals surface area contributed by atoms with Gasteiger partial charge in [0.05, 0.1) is 7.11 Å². The summed E-state index contributed by atoms with van der Waals surface area (Å²) < 4.78 is 4.99. The van der Waals surface area contributed by atoms with Crippen LogP contribution in [0.1, 0.15) is 41.0 Å². The average Bonchev–Trinajstić information content (AvgIpc) is 2.40. The summed E-state index contributed by atoms with van der Waals surface area (Å²) in [5.41, 5.74) is -0.612. The molecule has 124 valence electrons. The molecule has 0 aromatic carbocycles. The molecule has 0 aromatic heterocycles. The molecule has 1 rings (SSSR count). The molecule has 0 spiro atoms. The third-order valence-electron chi connectivity index (χ3n) is 4.61. The Morgan fingerprint density at radius 3 is 2.29 bits per heavy atom. The molecule has 0 amide bonds. The fourth-order valence-corrected chi connectivity index (χ4v) is 3.17. The van der Waals surface area contributed by atoms with Crippen LogP contribution in [0.3, 0.4) is 0 Å². The van der Waals surface area contributed by atoms with Gasteiger partial charge in [-0.15, -0.1) is 0 Å². The SMILES string of the molecule is COC(=O)C(C)(CCN1CC(C)N(C)C(C)C1)NC(C)C. The number of likely N-dealkylation sites (N-methyl/N-ethyl adjacent to an activating group) is 1. The third-order valence-corrected chi connectivity index (χ3v) is 4.61. The number of ether oxygens (including phenoxy) is 1. The number of esters is 1. The van der Waals surface area contributed by atoms with Gasteiger partial charge in [0, 0.05) is 37.8 Å². The summed E-state index contributed by atoms with van der Waals surface area (Å²) in [6.07, 6.45) is 0.765. The van der Waals surface area contributed by atoms with E-state index >= 15 is 0 Å². The van der Waals surface area contributed by atoms with Gasteiger partial charge < -0.3 is 9.64 Å². The number of methoxy groups -OCH3 is 1. The minimum atomic E-state index is -0.612. The van der Waals surface area contributed by atoms with Gasteiger partial charge in [-0.1, -0.05) is 0 Å². The van der Waals surface area contributed by atoms with Gasteiger partial charge in [0.2, 0.25) is 0 Å². The van der Waals surface area contributed by atoms with E-state index in [0.29, 0.717) is 12.1 Å². The Balaban J connectivity index is 2.63. The van der Waals surface area contributed by atoms with Gasteiger partial charge in [-0.05, 0) is 48.1 Å². The highest BCUT2D eigenvalue weighted by Crippen LogP contribution is 2.18. The zero-order valence-electron chi connectivity index (χ0n) is 14.8. The minimum absolute atomic E-state index is 0.175. The number of nitrogens with zero attached hydrogens (tertiary/aromatic N) is 2. The van der Waals surface area contributed by atoms with E-state index < -0.39 is 5.54 Å². The lowest BCUT2D eigenvalue weighted by Gasteiger charge is -2.43. The van der Waals surface area contributed by atoms with E-state index in [4.69, 9.17) is 4.74 Å². The Bertz CT molecular complexity index is 336. The average molecular weight is 299 g/mol. The molecule has 1 heterocycles. The summed E-state index contributed by atoms with van der Waals surface area (Å²) >= 11 is 0. The maximum Gasteiger partial charge on any atom is 0.325 e. The van der Waals surface area contributed by atoms with Gasteiger partial charge in [0.15, 0.2) is 0 Å². The molecule has 3 unspecified atom stereocenters. The van der Waals surface area contributed by atoms with E-state index in [0.717, 1.165) is 26.1 Å². The van der Waals surface area contributed by atoms with Crippen LogP contribution in [-0.2, 0) is 9.53 Å². The summed E-state index contributed by atoms with van der Waals surface area (Å²) in [7, 11) is 3.65. The highest BCUT2D eigenvalue weighted by molar-refractivity contribution is 5.80. The van der Waals surface area contributed by atoms with Gasteiger partial charge in [0.1, 0.15) is 5.54 Å². The first-order valence-corrected chi connectivity index (χ1v) is 8.00. The van der Waals surface area contributed by atoms with Gasteiger partial charge in [-0.2, -0.15) is 0 Å². The van der Waals surface area contributed by atoms with Crippen molar-refractivity contribution in [3.8, 4) is 0 Å². The van der Waals surface area contributed by atoms with Gasteiger partial charge in [-0.25, -0.2) is 0 Å². The van der Waals surface area contributed by atoms with E-state index in [9.17, 15) is 4.79 Å². The van der Waals surface area contributed by atoms with Gasteiger partial charge >= 0.3 is 5.97 Å². The van der Waals surface area contributed by atoms with E-state index in [1.54, 1.807) is 0 Å². The molecular formula is C16H33N3O2. The number of hydrogen-bond acceptors (Lipinski definition) is 5. The summed E-state index contributed by atoms with van der Waals surface area (Å²) in [4.78, 5) is 17.0. The first kappa shape index (κ1) is 18.4. The van der Waals surface area contributed by atoms with Crippen molar-refractivity contribution in [2.24, 2.45) is 0 Å². The Morgan fingerprint density at radius 1 is 1.33 bits per heavy atom. The molecule has 1 saturated heterocycles. The van der Waals surface area contributed by atoms with Crippen molar-refractivity contribution in [3.05, 3.63) is 0 Å². The van der Waals surface area contributed by atoms with Crippen LogP contribution in [0.2, 0.25) is 0 Å². The molecule has 5 heteroatoms. The molecule has 5 nitrogen and oxygen atoms in total. The standard InChI is InChI=1S/C16H33N3O2/c1-12(2)17-16(5,15(20)21-7)8-9-19-10-13(3)18(6)14(4)11-19/h12-14,17H,8-11H2,1-7H3. The highest BCUT2D eigenvalue weighted by atomic mass is 16.5. The second-order valence-corrected chi connectivity index (χ2v) is 7.00. The summed E-state index contributed by atoms with van der Waals surface area (Å²) in [5.74, 6) is -0.175. The largest absolute Gasteiger partial charge is 0.468 e. The number of hydrogen-bond donors (Lipinski definition) is 1. The zero-order chi connectivity index (χ0) is 16.2. The molecule has 1 fully saturated rings. The fourth-order valence-electron chi connectivity index (χ4n) is 3.17. The highest BCUT2D eigenvalue weighted by Gasteiger charge is 2.36. The summed E-state index contributed by atoms with van der Waals surface area (Å²) in [6.45, 7) is 13.6. The van der Waals surface area contributed by atoms with E-state index in [2.05, 4.69) is 49.9 Å². The molecule has 0 aliphatic carbocycles. The van der Waals surface area contributed by atoms with Crippen molar-refractivity contribution in [2.75, 3.05) is 33.8 Å².